The van der Waals surface area contributed by atoms with Crippen molar-refractivity contribution >= 4 is 17.7 Å². The number of nitrogens with zero attached hydrogens (tertiary/aromatic N) is 3. The van der Waals surface area contributed by atoms with Gasteiger partial charge in [0, 0.05) is 6.54 Å². The molecule has 1 saturated heterocycles. The van der Waals surface area contributed by atoms with Gasteiger partial charge in [0.25, 0.3) is 0 Å². The van der Waals surface area contributed by atoms with Gasteiger partial charge in [-0.15, -0.1) is 0 Å². The molecule has 6 nitrogen and oxygen atoms in total. The summed E-state index contributed by atoms with van der Waals surface area (Å²) in [5.74, 6) is 1.37. The third kappa shape index (κ3) is 3.00. The number of aromatic nitrogens is 2. The molecule has 20 heavy (non-hydrogen) atoms. The van der Waals surface area contributed by atoms with E-state index in [4.69, 9.17) is 4.74 Å². The molecule has 2 heterocycles. The Morgan fingerprint density at radius 2 is 2.00 bits per heavy atom. The first-order valence-corrected chi connectivity index (χ1v) is 7.33. The van der Waals surface area contributed by atoms with Crippen molar-refractivity contribution in [1.29, 1.82) is 0 Å². The van der Waals surface area contributed by atoms with E-state index in [1.54, 1.807) is 17.3 Å². The van der Waals surface area contributed by atoms with Crippen LogP contribution >= 0.6 is 0 Å². The van der Waals surface area contributed by atoms with E-state index in [9.17, 15) is 4.79 Å². The Balaban J connectivity index is 1.54. The first kappa shape index (κ1) is 13.1. The molecule has 2 aliphatic rings. The maximum absolute atomic E-state index is 11.4. The fraction of sp³-hybridized carbons (Fsp3) is 0.643. The van der Waals surface area contributed by atoms with Crippen LogP contribution in [0.5, 0.6) is 0 Å². The molecule has 0 bridgehead atoms. The number of cyclic esters (lactones) is 1. The Kier molecular flexibility index (Phi) is 3.99. The molecule has 1 saturated carbocycles. The van der Waals surface area contributed by atoms with Crippen LogP contribution in [-0.4, -0.2) is 35.8 Å². The lowest BCUT2D eigenvalue weighted by atomic mass is 9.89. The van der Waals surface area contributed by atoms with Crippen LogP contribution in [0.25, 0.3) is 0 Å². The van der Waals surface area contributed by atoms with Gasteiger partial charge in [-0.25, -0.2) is 14.8 Å². The van der Waals surface area contributed by atoms with Crippen molar-refractivity contribution in [3.63, 3.8) is 0 Å². The molecule has 1 aliphatic heterocycles. The van der Waals surface area contributed by atoms with E-state index in [-0.39, 0.29) is 6.09 Å². The second kappa shape index (κ2) is 6.07. The van der Waals surface area contributed by atoms with Crippen LogP contribution in [0.15, 0.2) is 12.4 Å². The maximum Gasteiger partial charge on any atom is 0.414 e. The number of anilines is 2. The highest BCUT2D eigenvalue weighted by atomic mass is 16.6. The Morgan fingerprint density at radius 3 is 2.65 bits per heavy atom. The van der Waals surface area contributed by atoms with Crippen molar-refractivity contribution in [2.45, 2.75) is 32.1 Å². The summed E-state index contributed by atoms with van der Waals surface area (Å²) in [5, 5.41) is 3.29. The quantitative estimate of drug-likeness (QED) is 0.914. The Bertz CT molecular complexity index is 457. The third-order valence-electron chi connectivity index (χ3n) is 3.98. The monoisotopic (exact) mass is 276 g/mol. The zero-order valence-corrected chi connectivity index (χ0v) is 11.5. The molecule has 1 N–H and O–H groups in total. The maximum atomic E-state index is 11.4. The van der Waals surface area contributed by atoms with Crippen LogP contribution in [0.3, 0.4) is 0 Å². The number of ether oxygens (including phenoxy) is 1. The normalized spacial score (nSPS) is 20.0. The minimum absolute atomic E-state index is 0.323. The SMILES string of the molecule is O=C1OCCN1c1cnc(NCC2CCCCC2)nc1. The number of carbonyl (C=O) groups excluding carboxylic acids is 1. The Labute approximate surface area is 118 Å². The van der Waals surface area contributed by atoms with Crippen molar-refractivity contribution in [2.75, 3.05) is 29.9 Å². The van der Waals surface area contributed by atoms with Crippen LogP contribution < -0.4 is 10.2 Å². The summed E-state index contributed by atoms with van der Waals surface area (Å²) in [6.45, 7) is 1.93. The van der Waals surface area contributed by atoms with E-state index in [2.05, 4.69) is 15.3 Å². The molecule has 1 aromatic rings. The van der Waals surface area contributed by atoms with Crippen LogP contribution in [-0.2, 0) is 4.74 Å². The van der Waals surface area contributed by atoms with E-state index < -0.39 is 0 Å². The van der Waals surface area contributed by atoms with E-state index in [1.807, 2.05) is 0 Å². The number of amides is 1. The molecule has 0 spiro atoms. The molecule has 0 atom stereocenters. The first-order chi connectivity index (χ1) is 9.83. The molecule has 1 amide bonds. The van der Waals surface area contributed by atoms with Crippen LogP contribution in [0.4, 0.5) is 16.4 Å². The topological polar surface area (TPSA) is 67.3 Å². The number of nitrogens with one attached hydrogen (secondary N) is 1. The highest BCUT2D eigenvalue weighted by Gasteiger charge is 2.24. The largest absolute Gasteiger partial charge is 0.447 e. The van der Waals surface area contributed by atoms with Crippen LogP contribution in [0, 0.1) is 5.92 Å². The average molecular weight is 276 g/mol. The molecular weight excluding hydrogens is 256 g/mol. The van der Waals surface area contributed by atoms with Crippen molar-refractivity contribution < 1.29 is 9.53 Å². The van der Waals surface area contributed by atoms with Crippen molar-refractivity contribution in [3.05, 3.63) is 12.4 Å². The minimum atomic E-state index is -0.323. The number of hydrogen-bond acceptors (Lipinski definition) is 5. The first-order valence-electron chi connectivity index (χ1n) is 7.33. The fourth-order valence-electron chi connectivity index (χ4n) is 2.81. The van der Waals surface area contributed by atoms with Gasteiger partial charge < -0.3 is 10.1 Å². The smallest absolute Gasteiger partial charge is 0.414 e. The average Bonchev–Trinajstić information content (AvgIpc) is 2.93. The van der Waals surface area contributed by atoms with Gasteiger partial charge in [-0.1, -0.05) is 19.3 Å². The zero-order valence-electron chi connectivity index (χ0n) is 11.5. The summed E-state index contributed by atoms with van der Waals surface area (Å²) in [4.78, 5) is 21.5. The van der Waals surface area contributed by atoms with Crippen molar-refractivity contribution in [1.82, 2.24) is 9.97 Å². The Morgan fingerprint density at radius 1 is 1.25 bits per heavy atom. The van der Waals surface area contributed by atoms with Gasteiger partial charge in [0.1, 0.15) is 6.61 Å². The molecule has 0 radical (unpaired) electrons. The number of carbonyl (C=O) groups is 1. The lowest BCUT2D eigenvalue weighted by Gasteiger charge is -2.21. The second-order valence-corrected chi connectivity index (χ2v) is 5.42. The van der Waals surface area contributed by atoms with E-state index >= 15 is 0 Å². The predicted molar refractivity (Wildman–Crippen MR) is 75.8 cm³/mol. The van der Waals surface area contributed by atoms with E-state index in [0.717, 1.165) is 12.5 Å². The summed E-state index contributed by atoms with van der Waals surface area (Å²) < 4.78 is 4.89. The lowest BCUT2D eigenvalue weighted by molar-refractivity contribution is 0.181. The summed E-state index contributed by atoms with van der Waals surface area (Å²) in [5.41, 5.74) is 0.690. The Hall–Kier alpha value is -1.85. The van der Waals surface area contributed by atoms with Gasteiger partial charge in [-0.3, -0.25) is 4.90 Å². The zero-order chi connectivity index (χ0) is 13.8. The van der Waals surface area contributed by atoms with Crippen LogP contribution in [0.2, 0.25) is 0 Å². The summed E-state index contributed by atoms with van der Waals surface area (Å²) >= 11 is 0. The molecule has 0 aromatic carbocycles. The van der Waals surface area contributed by atoms with Crippen molar-refractivity contribution in [3.8, 4) is 0 Å². The molecular formula is C14H20N4O2. The van der Waals surface area contributed by atoms with E-state index in [1.165, 1.54) is 32.1 Å². The molecule has 108 valence electrons. The highest BCUT2D eigenvalue weighted by Crippen LogP contribution is 2.23. The molecule has 2 fully saturated rings. The highest BCUT2D eigenvalue weighted by molar-refractivity contribution is 5.88. The molecule has 6 heteroatoms. The summed E-state index contributed by atoms with van der Waals surface area (Å²) in [6.07, 6.45) is 9.65. The molecule has 3 rings (SSSR count). The predicted octanol–water partition coefficient (Wildman–Crippen LogP) is 2.43. The molecule has 0 unspecified atom stereocenters. The minimum Gasteiger partial charge on any atom is -0.447 e. The van der Waals surface area contributed by atoms with E-state index in [0.29, 0.717) is 24.8 Å². The molecule has 1 aromatic heterocycles. The van der Waals surface area contributed by atoms with Crippen LogP contribution in [0.1, 0.15) is 32.1 Å². The molecule has 1 aliphatic carbocycles. The summed E-state index contributed by atoms with van der Waals surface area (Å²) in [6, 6.07) is 0. The number of hydrogen-bond donors (Lipinski definition) is 1. The fourth-order valence-corrected chi connectivity index (χ4v) is 2.81. The van der Waals surface area contributed by atoms with Crippen molar-refractivity contribution in [2.24, 2.45) is 5.92 Å². The second-order valence-electron chi connectivity index (χ2n) is 5.42. The van der Waals surface area contributed by atoms with Gasteiger partial charge in [-0.05, 0) is 18.8 Å². The number of rotatable bonds is 4. The third-order valence-corrected chi connectivity index (χ3v) is 3.98. The van der Waals surface area contributed by atoms with Gasteiger partial charge in [0.2, 0.25) is 5.95 Å². The lowest BCUT2D eigenvalue weighted by Crippen LogP contribution is -2.24. The van der Waals surface area contributed by atoms with Gasteiger partial charge in [-0.2, -0.15) is 0 Å². The van der Waals surface area contributed by atoms with Gasteiger partial charge >= 0.3 is 6.09 Å². The summed E-state index contributed by atoms with van der Waals surface area (Å²) in [7, 11) is 0. The van der Waals surface area contributed by atoms with Gasteiger partial charge in [0.15, 0.2) is 0 Å². The standard InChI is InChI=1S/C14H20N4O2/c19-14-18(6-7-20-14)12-9-16-13(17-10-12)15-8-11-4-2-1-3-5-11/h9-11H,1-8H2,(H,15,16,17). The van der Waals surface area contributed by atoms with Gasteiger partial charge in [0.05, 0.1) is 24.6 Å².